The number of hydrogen-bond acceptors (Lipinski definition) is 3. The quantitative estimate of drug-likeness (QED) is 0.876. The predicted molar refractivity (Wildman–Crippen MR) is 62.8 cm³/mol. The fraction of sp³-hybridized carbons (Fsp3) is 0.250. The Labute approximate surface area is 98.7 Å². The molecule has 17 heavy (non-hydrogen) atoms. The largest absolute Gasteiger partial charge is 0.476 e. The zero-order chi connectivity index (χ0) is 12.4. The monoisotopic (exact) mass is 231 g/mol. The number of pyridine rings is 1. The number of aryl methyl sites for hydroxylation is 2. The smallest absolute Gasteiger partial charge is 0.355 e. The van der Waals surface area contributed by atoms with Crippen LogP contribution in [0.1, 0.15) is 23.1 Å². The second-order valence-corrected chi connectivity index (χ2v) is 3.69. The minimum absolute atomic E-state index is 0.0613. The number of aromatic nitrogens is 3. The van der Waals surface area contributed by atoms with Gasteiger partial charge in [-0.1, -0.05) is 6.07 Å². The van der Waals surface area contributed by atoms with Gasteiger partial charge in [-0.2, -0.15) is 5.10 Å². The molecule has 0 aromatic carbocycles. The lowest BCUT2D eigenvalue weighted by Crippen LogP contribution is -2.02. The van der Waals surface area contributed by atoms with E-state index in [2.05, 4.69) is 10.1 Å². The summed E-state index contributed by atoms with van der Waals surface area (Å²) in [5.41, 5.74) is 2.29. The lowest BCUT2D eigenvalue weighted by atomic mass is 10.1. The van der Waals surface area contributed by atoms with Crippen molar-refractivity contribution in [3.63, 3.8) is 0 Å². The van der Waals surface area contributed by atoms with Crippen LogP contribution in [0.15, 0.2) is 24.5 Å². The third kappa shape index (κ3) is 2.04. The van der Waals surface area contributed by atoms with E-state index < -0.39 is 5.97 Å². The van der Waals surface area contributed by atoms with Gasteiger partial charge in [-0.05, 0) is 19.9 Å². The highest BCUT2D eigenvalue weighted by Crippen LogP contribution is 2.24. The van der Waals surface area contributed by atoms with Gasteiger partial charge in [-0.15, -0.1) is 0 Å². The van der Waals surface area contributed by atoms with E-state index in [9.17, 15) is 4.79 Å². The van der Waals surface area contributed by atoms with Gasteiger partial charge in [0, 0.05) is 30.1 Å². The van der Waals surface area contributed by atoms with Crippen LogP contribution < -0.4 is 0 Å². The molecular weight excluding hydrogens is 218 g/mol. The number of carboxylic acid groups (broad SMARTS) is 1. The lowest BCUT2D eigenvalue weighted by molar-refractivity contribution is 0.0691. The highest BCUT2D eigenvalue weighted by atomic mass is 16.4. The molecule has 2 aromatic rings. The average molecular weight is 231 g/mol. The van der Waals surface area contributed by atoms with Gasteiger partial charge in [0.15, 0.2) is 5.69 Å². The number of carbonyl (C=O) groups is 1. The fourth-order valence-electron chi connectivity index (χ4n) is 1.74. The van der Waals surface area contributed by atoms with Crippen molar-refractivity contribution in [3.8, 4) is 11.1 Å². The van der Waals surface area contributed by atoms with Crippen LogP contribution in [0.5, 0.6) is 0 Å². The molecule has 5 nitrogen and oxygen atoms in total. The Balaban J connectivity index is 2.59. The summed E-state index contributed by atoms with van der Waals surface area (Å²) < 4.78 is 1.78. The highest BCUT2D eigenvalue weighted by molar-refractivity contribution is 5.94. The van der Waals surface area contributed by atoms with Gasteiger partial charge in [-0.3, -0.25) is 4.68 Å². The zero-order valence-electron chi connectivity index (χ0n) is 9.71. The van der Waals surface area contributed by atoms with Crippen molar-refractivity contribution in [2.45, 2.75) is 20.4 Å². The van der Waals surface area contributed by atoms with Gasteiger partial charge in [0.1, 0.15) is 0 Å². The van der Waals surface area contributed by atoms with Gasteiger partial charge >= 0.3 is 5.97 Å². The molecule has 2 rings (SSSR count). The van der Waals surface area contributed by atoms with Crippen LogP contribution >= 0.6 is 0 Å². The van der Waals surface area contributed by atoms with Crippen LogP contribution in [0.2, 0.25) is 0 Å². The maximum atomic E-state index is 11.1. The molecule has 0 aliphatic rings. The van der Waals surface area contributed by atoms with Crippen LogP contribution in [-0.4, -0.2) is 25.8 Å². The molecule has 0 aliphatic heterocycles. The van der Waals surface area contributed by atoms with Crippen molar-refractivity contribution in [2.24, 2.45) is 0 Å². The number of aromatic carboxylic acids is 1. The first-order valence-corrected chi connectivity index (χ1v) is 5.36. The van der Waals surface area contributed by atoms with Gasteiger partial charge in [0.25, 0.3) is 0 Å². The van der Waals surface area contributed by atoms with E-state index in [-0.39, 0.29) is 5.69 Å². The van der Waals surface area contributed by atoms with Crippen molar-refractivity contribution >= 4 is 5.97 Å². The second kappa shape index (κ2) is 4.37. The molecule has 2 heterocycles. The van der Waals surface area contributed by atoms with Crippen LogP contribution in [0.25, 0.3) is 11.1 Å². The highest BCUT2D eigenvalue weighted by Gasteiger charge is 2.16. The topological polar surface area (TPSA) is 68.0 Å². The van der Waals surface area contributed by atoms with Gasteiger partial charge < -0.3 is 5.11 Å². The van der Waals surface area contributed by atoms with Crippen LogP contribution in [0.3, 0.4) is 0 Å². The molecular formula is C12H13N3O2. The Hall–Kier alpha value is -2.17. The van der Waals surface area contributed by atoms with Gasteiger partial charge in [-0.25, -0.2) is 9.78 Å². The van der Waals surface area contributed by atoms with E-state index in [1.807, 2.05) is 20.0 Å². The predicted octanol–water partition coefficient (Wildman–Crippen LogP) is 1.97. The Kier molecular flexibility index (Phi) is 2.91. The molecule has 1 N–H and O–H groups in total. The minimum Gasteiger partial charge on any atom is -0.476 e. The van der Waals surface area contributed by atoms with Crippen molar-refractivity contribution in [3.05, 3.63) is 35.9 Å². The maximum Gasteiger partial charge on any atom is 0.355 e. The normalized spacial score (nSPS) is 10.5. The average Bonchev–Trinajstić information content (AvgIpc) is 2.70. The molecule has 0 radical (unpaired) electrons. The van der Waals surface area contributed by atoms with Crippen molar-refractivity contribution in [2.75, 3.05) is 0 Å². The van der Waals surface area contributed by atoms with Crippen LogP contribution in [0.4, 0.5) is 0 Å². The SMILES string of the molecule is CCn1cc(-c2cccnc2C(=O)O)c(C)n1. The maximum absolute atomic E-state index is 11.1. The molecule has 0 atom stereocenters. The summed E-state index contributed by atoms with van der Waals surface area (Å²) in [5, 5.41) is 13.4. The molecule has 0 bridgehead atoms. The number of nitrogens with zero attached hydrogens (tertiary/aromatic N) is 3. The molecule has 0 saturated heterocycles. The van der Waals surface area contributed by atoms with Gasteiger partial charge in [0.05, 0.1) is 5.69 Å². The molecule has 5 heteroatoms. The van der Waals surface area contributed by atoms with E-state index in [0.717, 1.165) is 17.8 Å². The molecule has 0 fully saturated rings. The summed E-state index contributed by atoms with van der Waals surface area (Å²) in [4.78, 5) is 15.0. The van der Waals surface area contributed by atoms with Crippen LogP contribution in [-0.2, 0) is 6.54 Å². The fourth-order valence-corrected chi connectivity index (χ4v) is 1.74. The van der Waals surface area contributed by atoms with E-state index in [1.54, 1.807) is 16.8 Å². The number of rotatable bonds is 3. The Morgan fingerprint density at radius 1 is 1.47 bits per heavy atom. The molecule has 0 spiro atoms. The van der Waals surface area contributed by atoms with E-state index >= 15 is 0 Å². The van der Waals surface area contributed by atoms with Crippen molar-refractivity contribution in [1.82, 2.24) is 14.8 Å². The first kappa shape index (κ1) is 11.3. The summed E-state index contributed by atoms with van der Waals surface area (Å²) in [5.74, 6) is -1.02. The number of hydrogen-bond donors (Lipinski definition) is 1. The molecule has 0 saturated carbocycles. The molecule has 0 unspecified atom stereocenters. The molecule has 2 aromatic heterocycles. The third-order valence-corrected chi connectivity index (χ3v) is 2.57. The van der Waals surface area contributed by atoms with E-state index in [4.69, 9.17) is 5.11 Å². The summed E-state index contributed by atoms with van der Waals surface area (Å²) >= 11 is 0. The van der Waals surface area contributed by atoms with Gasteiger partial charge in [0.2, 0.25) is 0 Å². The number of carboxylic acids is 1. The molecule has 0 amide bonds. The first-order valence-electron chi connectivity index (χ1n) is 5.36. The second-order valence-electron chi connectivity index (χ2n) is 3.69. The van der Waals surface area contributed by atoms with Crippen molar-refractivity contribution < 1.29 is 9.90 Å². The minimum atomic E-state index is -1.02. The van der Waals surface area contributed by atoms with E-state index in [1.165, 1.54) is 6.20 Å². The Bertz CT molecular complexity index is 561. The van der Waals surface area contributed by atoms with Crippen molar-refractivity contribution in [1.29, 1.82) is 0 Å². The summed E-state index contributed by atoms with van der Waals surface area (Å²) in [6.45, 7) is 4.60. The Morgan fingerprint density at radius 3 is 2.82 bits per heavy atom. The van der Waals surface area contributed by atoms with E-state index in [0.29, 0.717) is 5.56 Å². The molecule has 88 valence electrons. The molecule has 0 aliphatic carbocycles. The zero-order valence-corrected chi connectivity index (χ0v) is 9.71. The summed E-state index contributed by atoms with van der Waals surface area (Å²) in [6, 6.07) is 3.48. The lowest BCUT2D eigenvalue weighted by Gasteiger charge is -2.02. The summed E-state index contributed by atoms with van der Waals surface area (Å²) in [6.07, 6.45) is 3.32. The first-order chi connectivity index (χ1) is 8.13. The van der Waals surface area contributed by atoms with Crippen LogP contribution in [0, 0.1) is 6.92 Å². The standard InChI is InChI=1S/C12H13N3O2/c1-3-15-7-10(8(2)14-15)9-5-4-6-13-11(9)12(16)17/h4-7H,3H2,1-2H3,(H,16,17). The summed E-state index contributed by atoms with van der Waals surface area (Å²) in [7, 11) is 0. The Morgan fingerprint density at radius 2 is 2.24 bits per heavy atom. The third-order valence-electron chi connectivity index (χ3n) is 2.57.